The first-order chi connectivity index (χ1) is 13.8. The molecule has 0 unspecified atom stereocenters. The van der Waals surface area contributed by atoms with Gasteiger partial charge in [-0.2, -0.15) is 0 Å². The third kappa shape index (κ3) is 3.59. The van der Waals surface area contributed by atoms with Gasteiger partial charge in [-0.25, -0.2) is 14.8 Å². The van der Waals surface area contributed by atoms with E-state index in [0.29, 0.717) is 24.5 Å². The summed E-state index contributed by atoms with van der Waals surface area (Å²) in [6, 6.07) is 20.2. The van der Waals surface area contributed by atoms with Crippen LogP contribution in [0, 0.1) is 0 Å². The van der Waals surface area contributed by atoms with Crippen LogP contribution in [-0.4, -0.2) is 22.5 Å². The number of esters is 1. The average Bonchev–Trinajstić information content (AvgIpc) is 3.18. The van der Waals surface area contributed by atoms with Crippen LogP contribution in [0.1, 0.15) is 22.8 Å². The fourth-order valence-corrected chi connectivity index (χ4v) is 3.96. The molecule has 0 amide bonds. The molecular formula is C22H19N3O2S. The summed E-state index contributed by atoms with van der Waals surface area (Å²) >= 11 is 1.42. The lowest BCUT2D eigenvalue weighted by Gasteiger charge is -2.25. The van der Waals surface area contributed by atoms with Crippen molar-refractivity contribution >= 4 is 39.0 Å². The second-order valence-corrected chi connectivity index (χ2v) is 7.01. The summed E-state index contributed by atoms with van der Waals surface area (Å²) in [5.74, 6) is 0.349. The number of rotatable bonds is 6. The van der Waals surface area contributed by atoms with Gasteiger partial charge in [-0.05, 0) is 24.6 Å². The molecular weight excluding hydrogens is 370 g/mol. The monoisotopic (exact) mass is 389 g/mol. The molecule has 0 aliphatic heterocycles. The third-order valence-electron chi connectivity index (χ3n) is 4.35. The van der Waals surface area contributed by atoms with E-state index < -0.39 is 0 Å². The van der Waals surface area contributed by atoms with Crippen molar-refractivity contribution in [2.45, 2.75) is 13.5 Å². The summed E-state index contributed by atoms with van der Waals surface area (Å²) in [5, 5.41) is 2.53. The van der Waals surface area contributed by atoms with E-state index in [4.69, 9.17) is 4.74 Å². The molecule has 2 heterocycles. The zero-order valence-corrected chi connectivity index (χ0v) is 16.2. The van der Waals surface area contributed by atoms with Crippen LogP contribution in [0.4, 0.5) is 11.5 Å². The van der Waals surface area contributed by atoms with Crippen molar-refractivity contribution in [3.63, 3.8) is 0 Å². The minimum Gasteiger partial charge on any atom is -0.462 e. The van der Waals surface area contributed by atoms with Crippen LogP contribution in [0.15, 0.2) is 72.4 Å². The Balaban J connectivity index is 1.87. The van der Waals surface area contributed by atoms with Gasteiger partial charge in [0.15, 0.2) is 0 Å². The fourth-order valence-electron chi connectivity index (χ4n) is 3.09. The lowest BCUT2D eigenvalue weighted by Crippen LogP contribution is -2.18. The van der Waals surface area contributed by atoms with Crippen LogP contribution in [0.2, 0.25) is 0 Å². The Kier molecular flexibility index (Phi) is 5.30. The highest BCUT2D eigenvalue weighted by Gasteiger charge is 2.22. The number of carbonyl (C=O) groups is 1. The van der Waals surface area contributed by atoms with Gasteiger partial charge >= 0.3 is 5.97 Å². The van der Waals surface area contributed by atoms with Crippen molar-refractivity contribution in [3.05, 3.63) is 83.5 Å². The highest BCUT2D eigenvalue weighted by molar-refractivity contribution is 7.17. The molecule has 28 heavy (non-hydrogen) atoms. The zero-order valence-electron chi connectivity index (χ0n) is 15.4. The Morgan fingerprint density at radius 3 is 2.46 bits per heavy atom. The molecule has 4 aromatic rings. The molecule has 140 valence electrons. The van der Waals surface area contributed by atoms with Crippen molar-refractivity contribution in [3.8, 4) is 0 Å². The van der Waals surface area contributed by atoms with Gasteiger partial charge in [0.1, 0.15) is 17.0 Å². The summed E-state index contributed by atoms with van der Waals surface area (Å²) in [6.45, 7) is 2.75. The lowest BCUT2D eigenvalue weighted by molar-refractivity contribution is 0.0529. The molecule has 0 radical (unpaired) electrons. The molecule has 0 N–H and O–H groups in total. The van der Waals surface area contributed by atoms with E-state index >= 15 is 0 Å². The maximum absolute atomic E-state index is 12.5. The van der Waals surface area contributed by atoms with Crippen molar-refractivity contribution in [1.29, 1.82) is 0 Å². The van der Waals surface area contributed by atoms with Gasteiger partial charge in [0.2, 0.25) is 0 Å². The van der Waals surface area contributed by atoms with Crippen LogP contribution in [0.25, 0.3) is 10.2 Å². The molecule has 6 heteroatoms. The number of hydrogen-bond acceptors (Lipinski definition) is 6. The van der Waals surface area contributed by atoms with Crippen LogP contribution in [-0.2, 0) is 11.3 Å². The first-order valence-corrected chi connectivity index (χ1v) is 9.91. The van der Waals surface area contributed by atoms with Gasteiger partial charge in [0.25, 0.3) is 0 Å². The molecule has 2 aromatic heterocycles. The smallest absolute Gasteiger partial charge is 0.339 e. The first kappa shape index (κ1) is 18.1. The van der Waals surface area contributed by atoms with Crippen LogP contribution in [0.3, 0.4) is 0 Å². The molecule has 0 atom stereocenters. The van der Waals surface area contributed by atoms with Gasteiger partial charge in [-0.3, -0.25) is 0 Å². The van der Waals surface area contributed by atoms with Crippen molar-refractivity contribution in [2.75, 3.05) is 11.5 Å². The maximum atomic E-state index is 12.5. The van der Waals surface area contributed by atoms with Gasteiger partial charge in [0.05, 0.1) is 17.6 Å². The number of para-hydroxylation sites is 1. The number of benzene rings is 2. The van der Waals surface area contributed by atoms with E-state index in [1.165, 1.54) is 11.3 Å². The predicted molar refractivity (Wildman–Crippen MR) is 112 cm³/mol. The van der Waals surface area contributed by atoms with E-state index in [-0.39, 0.29) is 5.97 Å². The van der Waals surface area contributed by atoms with E-state index in [0.717, 1.165) is 21.5 Å². The van der Waals surface area contributed by atoms with Gasteiger partial charge < -0.3 is 9.64 Å². The van der Waals surface area contributed by atoms with Crippen LogP contribution >= 0.6 is 11.3 Å². The number of anilines is 2. The zero-order chi connectivity index (χ0) is 19.3. The van der Waals surface area contributed by atoms with E-state index in [1.807, 2.05) is 48.5 Å². The van der Waals surface area contributed by atoms with E-state index in [1.54, 1.807) is 18.6 Å². The second kappa shape index (κ2) is 8.19. The number of thiophene rings is 1. The standard InChI is InChI=1S/C22H19N3O2S/c1-2-27-22(26)18-14-28-21-19(18)20(23-15-24-21)25(17-11-7-4-8-12-17)13-16-9-5-3-6-10-16/h3-12,14-15H,2,13H2,1H3. The number of hydrogen-bond donors (Lipinski definition) is 0. The number of aromatic nitrogens is 2. The normalized spacial score (nSPS) is 10.8. The first-order valence-electron chi connectivity index (χ1n) is 9.03. The van der Waals surface area contributed by atoms with Crippen LogP contribution < -0.4 is 4.90 Å². The molecule has 0 aliphatic rings. The molecule has 0 aliphatic carbocycles. The second-order valence-electron chi connectivity index (χ2n) is 6.15. The topological polar surface area (TPSA) is 55.3 Å². The summed E-state index contributed by atoms with van der Waals surface area (Å²) in [6.07, 6.45) is 1.55. The Bertz CT molecular complexity index is 1080. The Labute approximate surface area is 167 Å². The summed E-state index contributed by atoms with van der Waals surface area (Å²) < 4.78 is 5.25. The molecule has 4 rings (SSSR count). The minimum atomic E-state index is -0.350. The quantitative estimate of drug-likeness (QED) is 0.424. The molecule has 0 spiro atoms. The number of ether oxygens (including phenoxy) is 1. The maximum Gasteiger partial charge on any atom is 0.339 e. The minimum absolute atomic E-state index is 0.325. The Morgan fingerprint density at radius 1 is 1.04 bits per heavy atom. The van der Waals surface area contributed by atoms with Gasteiger partial charge in [-0.1, -0.05) is 48.5 Å². The van der Waals surface area contributed by atoms with E-state index in [2.05, 4.69) is 27.0 Å². The molecule has 0 saturated heterocycles. The van der Waals surface area contributed by atoms with Crippen molar-refractivity contribution < 1.29 is 9.53 Å². The molecule has 0 fully saturated rings. The lowest BCUT2D eigenvalue weighted by atomic mass is 10.1. The predicted octanol–water partition coefficient (Wildman–Crippen LogP) is 5.21. The molecule has 2 aromatic carbocycles. The average molecular weight is 389 g/mol. The SMILES string of the molecule is CCOC(=O)c1csc2ncnc(N(Cc3ccccc3)c3ccccc3)c12. The Morgan fingerprint density at radius 2 is 1.75 bits per heavy atom. The molecule has 0 bridgehead atoms. The Hall–Kier alpha value is -3.25. The highest BCUT2D eigenvalue weighted by Crippen LogP contribution is 2.36. The third-order valence-corrected chi connectivity index (χ3v) is 5.24. The molecule has 0 saturated carbocycles. The molecule has 5 nitrogen and oxygen atoms in total. The summed E-state index contributed by atoms with van der Waals surface area (Å²) in [5.41, 5.74) is 2.64. The number of fused-ring (bicyclic) bond motifs is 1. The number of carbonyl (C=O) groups excluding carboxylic acids is 1. The van der Waals surface area contributed by atoms with Crippen molar-refractivity contribution in [1.82, 2.24) is 9.97 Å². The fraction of sp³-hybridized carbons (Fsp3) is 0.136. The number of nitrogens with zero attached hydrogens (tertiary/aromatic N) is 3. The summed E-state index contributed by atoms with van der Waals surface area (Å²) in [7, 11) is 0. The van der Waals surface area contributed by atoms with Crippen molar-refractivity contribution in [2.24, 2.45) is 0 Å². The van der Waals surface area contributed by atoms with Gasteiger partial charge in [-0.15, -0.1) is 11.3 Å². The van der Waals surface area contributed by atoms with E-state index in [9.17, 15) is 4.79 Å². The van der Waals surface area contributed by atoms with Crippen LogP contribution in [0.5, 0.6) is 0 Å². The highest BCUT2D eigenvalue weighted by atomic mass is 32.1. The largest absolute Gasteiger partial charge is 0.462 e. The summed E-state index contributed by atoms with van der Waals surface area (Å²) in [4.78, 5) is 24.3. The van der Waals surface area contributed by atoms with Gasteiger partial charge in [0, 0.05) is 17.6 Å².